The number of thiophene rings is 1. The fourth-order valence-corrected chi connectivity index (χ4v) is 3.22. The molecule has 1 N–H and O–H groups in total. The molecule has 1 atom stereocenters. The highest BCUT2D eigenvalue weighted by molar-refractivity contribution is 9.10. The Morgan fingerprint density at radius 2 is 2.41 bits per heavy atom. The first kappa shape index (κ1) is 13.0. The molecule has 0 saturated heterocycles. The van der Waals surface area contributed by atoms with Crippen molar-refractivity contribution in [2.45, 2.75) is 19.5 Å². The van der Waals surface area contributed by atoms with Crippen molar-refractivity contribution in [3.63, 3.8) is 0 Å². The molecule has 0 radical (unpaired) electrons. The Morgan fingerprint density at radius 3 is 3.00 bits per heavy atom. The molecule has 0 aliphatic carbocycles. The molecule has 90 valence electrons. The first-order valence-electron chi connectivity index (χ1n) is 5.24. The zero-order valence-electron chi connectivity index (χ0n) is 9.28. The summed E-state index contributed by atoms with van der Waals surface area (Å²) in [7, 11) is 0. The van der Waals surface area contributed by atoms with Crippen LogP contribution in [0, 0.1) is 0 Å². The zero-order chi connectivity index (χ0) is 12.3. The lowest BCUT2D eigenvalue weighted by Crippen LogP contribution is -2.17. The second kappa shape index (κ2) is 5.96. The minimum Gasteiger partial charge on any atom is -0.305 e. The lowest BCUT2D eigenvalue weighted by molar-refractivity contribution is 0.577. The molecule has 0 amide bonds. The van der Waals surface area contributed by atoms with E-state index in [1.54, 1.807) is 17.5 Å². The van der Waals surface area contributed by atoms with Crippen LogP contribution in [0.2, 0.25) is 4.34 Å². The van der Waals surface area contributed by atoms with Crippen LogP contribution < -0.4 is 5.32 Å². The van der Waals surface area contributed by atoms with Gasteiger partial charge in [-0.1, -0.05) is 17.7 Å². The Morgan fingerprint density at radius 1 is 1.59 bits per heavy atom. The fraction of sp³-hybridized carbons (Fsp3) is 0.250. The predicted octanol–water partition coefficient (Wildman–Crippen LogP) is 4.41. The van der Waals surface area contributed by atoms with E-state index >= 15 is 0 Å². The maximum absolute atomic E-state index is 6.00. The van der Waals surface area contributed by atoms with Gasteiger partial charge >= 0.3 is 0 Å². The maximum Gasteiger partial charge on any atom is 0.107 e. The van der Waals surface area contributed by atoms with E-state index in [-0.39, 0.29) is 6.04 Å². The first-order chi connectivity index (χ1) is 8.16. The van der Waals surface area contributed by atoms with Crippen LogP contribution in [0.5, 0.6) is 0 Å². The molecule has 0 bridgehead atoms. The molecule has 2 heterocycles. The Labute approximate surface area is 118 Å². The number of hydrogen-bond donors (Lipinski definition) is 1. The Kier molecular flexibility index (Phi) is 4.56. The molecule has 0 saturated carbocycles. The minimum atomic E-state index is 0.281. The Hall–Kier alpha value is -0.420. The summed E-state index contributed by atoms with van der Waals surface area (Å²) in [4.78, 5) is 5.33. The number of aromatic nitrogens is 1. The van der Waals surface area contributed by atoms with Crippen LogP contribution in [0.4, 0.5) is 0 Å². The standard InChI is InChI=1S/C12H12BrClN2S/c1-8(9-3-2-4-15-6-9)16-7-10-5-11(13)12(14)17-10/h2-6,8,16H,7H2,1H3/t8-/m0/s1. The van der Waals surface area contributed by atoms with Gasteiger partial charge in [-0.05, 0) is 40.5 Å². The van der Waals surface area contributed by atoms with Crippen molar-refractivity contribution in [3.05, 3.63) is 49.8 Å². The molecule has 0 aliphatic rings. The molecule has 2 rings (SSSR count). The minimum absolute atomic E-state index is 0.281. The normalized spacial score (nSPS) is 12.6. The third-order valence-electron chi connectivity index (χ3n) is 2.46. The van der Waals surface area contributed by atoms with E-state index < -0.39 is 0 Å². The Balaban J connectivity index is 1.94. The second-order valence-corrected chi connectivity index (χ2v) is 6.32. The topological polar surface area (TPSA) is 24.9 Å². The largest absolute Gasteiger partial charge is 0.305 e. The predicted molar refractivity (Wildman–Crippen MR) is 76.5 cm³/mol. The fourth-order valence-electron chi connectivity index (χ4n) is 1.48. The van der Waals surface area contributed by atoms with Crippen molar-refractivity contribution in [2.24, 2.45) is 0 Å². The first-order valence-corrected chi connectivity index (χ1v) is 7.22. The number of pyridine rings is 1. The average Bonchev–Trinajstić information content (AvgIpc) is 2.67. The number of halogens is 2. The highest BCUT2D eigenvalue weighted by Crippen LogP contribution is 2.32. The van der Waals surface area contributed by atoms with E-state index in [1.165, 1.54) is 10.4 Å². The van der Waals surface area contributed by atoms with E-state index in [2.05, 4.69) is 45.3 Å². The molecular weight excluding hydrogens is 320 g/mol. The lowest BCUT2D eigenvalue weighted by atomic mass is 10.1. The summed E-state index contributed by atoms with van der Waals surface area (Å²) >= 11 is 11.0. The molecule has 0 unspecified atom stereocenters. The van der Waals surface area contributed by atoms with Crippen LogP contribution >= 0.6 is 38.9 Å². The second-order valence-electron chi connectivity index (χ2n) is 3.72. The quantitative estimate of drug-likeness (QED) is 0.897. The lowest BCUT2D eigenvalue weighted by Gasteiger charge is -2.12. The number of rotatable bonds is 4. The zero-order valence-corrected chi connectivity index (χ0v) is 12.4. The number of nitrogens with one attached hydrogen (secondary N) is 1. The van der Waals surface area contributed by atoms with E-state index in [9.17, 15) is 0 Å². The summed E-state index contributed by atoms with van der Waals surface area (Å²) in [6.07, 6.45) is 3.67. The van der Waals surface area contributed by atoms with E-state index in [0.29, 0.717) is 0 Å². The molecule has 2 aromatic rings. The van der Waals surface area contributed by atoms with E-state index in [0.717, 1.165) is 15.4 Å². The van der Waals surface area contributed by atoms with Crippen molar-refractivity contribution < 1.29 is 0 Å². The van der Waals surface area contributed by atoms with Gasteiger partial charge in [-0.25, -0.2) is 0 Å². The van der Waals surface area contributed by atoms with Gasteiger partial charge in [0.1, 0.15) is 4.34 Å². The number of nitrogens with zero attached hydrogens (tertiary/aromatic N) is 1. The van der Waals surface area contributed by atoms with Crippen molar-refractivity contribution in [3.8, 4) is 0 Å². The monoisotopic (exact) mass is 330 g/mol. The maximum atomic E-state index is 6.00. The van der Waals surface area contributed by atoms with Gasteiger partial charge in [-0.2, -0.15) is 0 Å². The van der Waals surface area contributed by atoms with Crippen LogP contribution in [-0.4, -0.2) is 4.98 Å². The van der Waals surface area contributed by atoms with Gasteiger partial charge in [0.05, 0.1) is 0 Å². The molecule has 0 aromatic carbocycles. The third-order valence-corrected chi connectivity index (χ3v) is 4.94. The van der Waals surface area contributed by atoms with Gasteiger partial charge in [0.25, 0.3) is 0 Å². The van der Waals surface area contributed by atoms with Gasteiger partial charge in [0.2, 0.25) is 0 Å². The highest BCUT2D eigenvalue weighted by atomic mass is 79.9. The smallest absolute Gasteiger partial charge is 0.107 e. The molecule has 2 aromatic heterocycles. The van der Waals surface area contributed by atoms with Gasteiger partial charge in [-0.15, -0.1) is 11.3 Å². The van der Waals surface area contributed by atoms with Gasteiger partial charge in [-0.3, -0.25) is 4.98 Å². The van der Waals surface area contributed by atoms with Crippen molar-refractivity contribution >= 4 is 38.9 Å². The summed E-state index contributed by atoms with van der Waals surface area (Å²) in [6, 6.07) is 6.35. The molecule has 0 fully saturated rings. The summed E-state index contributed by atoms with van der Waals surface area (Å²) in [5, 5.41) is 3.45. The number of hydrogen-bond acceptors (Lipinski definition) is 3. The van der Waals surface area contributed by atoms with Gasteiger partial charge in [0.15, 0.2) is 0 Å². The van der Waals surface area contributed by atoms with Crippen LogP contribution in [0.3, 0.4) is 0 Å². The van der Waals surface area contributed by atoms with Crippen LogP contribution in [0.15, 0.2) is 35.1 Å². The van der Waals surface area contributed by atoms with Gasteiger partial charge < -0.3 is 5.32 Å². The molecule has 0 aliphatic heterocycles. The van der Waals surface area contributed by atoms with E-state index in [4.69, 9.17) is 11.6 Å². The van der Waals surface area contributed by atoms with Gasteiger partial charge in [0, 0.05) is 34.3 Å². The molecule has 5 heteroatoms. The summed E-state index contributed by atoms with van der Waals surface area (Å²) in [6.45, 7) is 2.94. The van der Waals surface area contributed by atoms with Crippen LogP contribution in [0.25, 0.3) is 0 Å². The molecule has 17 heavy (non-hydrogen) atoms. The molecule has 0 spiro atoms. The van der Waals surface area contributed by atoms with Crippen molar-refractivity contribution in [2.75, 3.05) is 0 Å². The molecule has 2 nitrogen and oxygen atoms in total. The van der Waals surface area contributed by atoms with E-state index in [1.807, 2.05) is 12.3 Å². The average molecular weight is 332 g/mol. The SMILES string of the molecule is C[C@H](NCc1cc(Br)c(Cl)s1)c1cccnc1. The van der Waals surface area contributed by atoms with Crippen LogP contribution in [0.1, 0.15) is 23.4 Å². The Bertz CT molecular complexity index is 467. The van der Waals surface area contributed by atoms with Crippen molar-refractivity contribution in [1.82, 2.24) is 10.3 Å². The summed E-state index contributed by atoms with van der Waals surface area (Å²) < 4.78 is 1.77. The highest BCUT2D eigenvalue weighted by Gasteiger charge is 2.07. The van der Waals surface area contributed by atoms with Crippen LogP contribution in [-0.2, 0) is 6.54 Å². The van der Waals surface area contributed by atoms with Crippen molar-refractivity contribution in [1.29, 1.82) is 0 Å². The summed E-state index contributed by atoms with van der Waals surface area (Å²) in [5.41, 5.74) is 1.19. The third kappa shape index (κ3) is 3.52. The molecular formula is C12H12BrClN2S. The summed E-state index contributed by atoms with van der Waals surface area (Å²) in [5.74, 6) is 0.